The molecule has 1 atom stereocenters. The third-order valence-electron chi connectivity index (χ3n) is 2.09. The van der Waals surface area contributed by atoms with Crippen molar-refractivity contribution in [2.45, 2.75) is 44.6 Å². The maximum atomic E-state index is 9.99. The molecule has 0 aromatic heterocycles. The van der Waals surface area contributed by atoms with E-state index in [0.717, 1.165) is 0 Å². The first-order valence-electron chi connectivity index (χ1n) is 6.86. The highest BCUT2D eigenvalue weighted by atomic mass is 16.4. The first-order chi connectivity index (χ1) is 11.8. The van der Waals surface area contributed by atoms with Crippen LogP contribution in [-0.4, -0.2) is 72.5 Å². The van der Waals surface area contributed by atoms with Gasteiger partial charge in [-0.1, -0.05) is 0 Å². The third-order valence-corrected chi connectivity index (χ3v) is 2.09. The molecule has 0 saturated carbocycles. The minimum absolute atomic E-state index is 0.0231. The van der Waals surface area contributed by atoms with Crippen LogP contribution in [0.4, 0.5) is 0 Å². The van der Waals surface area contributed by atoms with Crippen molar-refractivity contribution in [3.63, 3.8) is 0 Å². The number of aliphatic carboxylic acids is 6. The lowest BCUT2D eigenvalue weighted by molar-refractivity contribution is -0.143. The van der Waals surface area contributed by atoms with Crippen LogP contribution in [0.5, 0.6) is 0 Å². The Morgan fingerprint density at radius 1 is 0.538 bits per heavy atom. The van der Waals surface area contributed by atoms with E-state index in [1.807, 2.05) is 0 Å². The molecule has 0 aliphatic rings. The van der Waals surface area contributed by atoms with Crippen LogP contribution < -0.4 is 5.73 Å². The van der Waals surface area contributed by atoms with E-state index in [4.69, 9.17) is 36.4 Å². The first-order valence-corrected chi connectivity index (χ1v) is 6.86. The number of nitrogens with two attached hydrogens (primary N) is 1. The summed E-state index contributed by atoms with van der Waals surface area (Å²) in [6.07, 6.45) is -1.41. The molecule has 0 aromatic rings. The minimum atomic E-state index is -1.17. The van der Waals surface area contributed by atoms with Gasteiger partial charge in [-0.05, 0) is 6.42 Å². The Morgan fingerprint density at radius 3 is 0.923 bits per heavy atom. The molecule has 13 nitrogen and oxygen atoms in total. The SMILES string of the molecule is N[C@@H](CCC(=O)O)C(=O)O.O=C(O)CCC(=O)O.O=C(O)CCC(=O)O. The quantitative estimate of drug-likeness (QED) is 0.242. The molecular formula is C13H21NO12. The summed E-state index contributed by atoms with van der Waals surface area (Å²) in [6, 6.07) is -1.06. The second-order valence-corrected chi connectivity index (χ2v) is 4.45. The van der Waals surface area contributed by atoms with E-state index in [1.165, 1.54) is 0 Å². The van der Waals surface area contributed by atoms with E-state index in [1.54, 1.807) is 0 Å². The second kappa shape index (κ2) is 16.6. The monoisotopic (exact) mass is 383 g/mol. The molecule has 0 radical (unpaired) electrons. The van der Waals surface area contributed by atoms with Crippen LogP contribution in [-0.2, 0) is 28.8 Å². The molecule has 0 bridgehead atoms. The fourth-order valence-electron chi connectivity index (χ4n) is 0.830. The highest BCUT2D eigenvalue weighted by Crippen LogP contribution is 1.93. The molecule has 0 aromatic carbocycles. The van der Waals surface area contributed by atoms with Gasteiger partial charge in [0.25, 0.3) is 0 Å². The number of rotatable bonds is 10. The molecule has 150 valence electrons. The Balaban J connectivity index is -0.000000308. The standard InChI is InChI=1S/C5H9NO4.2C4H6O4/c6-3(5(9)10)1-2-4(7)8;2*5-3(6)1-2-4(7)8/h3H,1-2,6H2,(H,7,8)(H,9,10);2*1-2H2,(H,5,6)(H,7,8)/t3-;;/m0../s1. The Morgan fingerprint density at radius 2 is 0.769 bits per heavy atom. The van der Waals surface area contributed by atoms with E-state index in [2.05, 4.69) is 0 Å². The van der Waals surface area contributed by atoms with E-state index >= 15 is 0 Å². The molecule has 8 N–H and O–H groups in total. The fraction of sp³-hybridized carbons (Fsp3) is 0.538. The molecule has 13 heteroatoms. The molecule has 0 aliphatic carbocycles. The summed E-state index contributed by atoms with van der Waals surface area (Å²) in [6.45, 7) is 0. The van der Waals surface area contributed by atoms with Gasteiger partial charge in [-0.25, -0.2) is 0 Å². The highest BCUT2D eigenvalue weighted by Gasteiger charge is 2.12. The smallest absolute Gasteiger partial charge is 0.320 e. The molecule has 0 aliphatic heterocycles. The van der Waals surface area contributed by atoms with Crippen molar-refractivity contribution in [2.24, 2.45) is 5.73 Å². The summed E-state index contributed by atoms with van der Waals surface area (Å²) in [5.41, 5.74) is 5.00. The molecule has 0 amide bonds. The second-order valence-electron chi connectivity index (χ2n) is 4.45. The topological polar surface area (TPSA) is 250 Å². The number of carboxylic acids is 6. The summed E-state index contributed by atoms with van der Waals surface area (Å²) in [5.74, 6) is -6.50. The summed E-state index contributed by atoms with van der Waals surface area (Å²) < 4.78 is 0. The van der Waals surface area contributed by atoms with Crippen molar-refractivity contribution in [2.75, 3.05) is 0 Å². The largest absolute Gasteiger partial charge is 0.481 e. The summed E-state index contributed by atoms with van der Waals surface area (Å²) in [7, 11) is 0. The maximum absolute atomic E-state index is 9.99. The van der Waals surface area contributed by atoms with Crippen molar-refractivity contribution < 1.29 is 59.4 Å². The summed E-state index contributed by atoms with van der Waals surface area (Å²) in [5, 5.41) is 47.9. The Labute approximate surface area is 146 Å². The van der Waals surface area contributed by atoms with Gasteiger partial charge in [0.1, 0.15) is 6.04 Å². The van der Waals surface area contributed by atoms with Crippen LogP contribution in [0, 0.1) is 0 Å². The third kappa shape index (κ3) is 32.7. The molecule has 0 spiro atoms. The van der Waals surface area contributed by atoms with Crippen LogP contribution in [0.25, 0.3) is 0 Å². The molecule has 0 heterocycles. The van der Waals surface area contributed by atoms with Gasteiger partial charge in [0, 0.05) is 6.42 Å². The predicted molar refractivity (Wildman–Crippen MR) is 81.5 cm³/mol. The molecular weight excluding hydrogens is 362 g/mol. The van der Waals surface area contributed by atoms with Gasteiger partial charge >= 0.3 is 35.8 Å². The maximum Gasteiger partial charge on any atom is 0.320 e. The molecule has 0 rings (SSSR count). The average Bonchev–Trinajstić information content (AvgIpc) is 2.49. The van der Waals surface area contributed by atoms with Gasteiger partial charge < -0.3 is 36.4 Å². The summed E-state index contributed by atoms with van der Waals surface area (Å²) >= 11 is 0. The number of carbonyl (C=O) groups is 6. The zero-order chi connectivity index (χ0) is 21.3. The fourth-order valence-corrected chi connectivity index (χ4v) is 0.830. The molecule has 26 heavy (non-hydrogen) atoms. The molecule has 0 saturated heterocycles. The number of hydrogen-bond acceptors (Lipinski definition) is 7. The van der Waals surface area contributed by atoms with Gasteiger partial charge in [0.2, 0.25) is 0 Å². The Hall–Kier alpha value is -3.22. The van der Waals surface area contributed by atoms with Gasteiger partial charge in [-0.3, -0.25) is 28.8 Å². The lowest BCUT2D eigenvalue weighted by atomic mass is 10.2. The van der Waals surface area contributed by atoms with Crippen LogP contribution in [0.1, 0.15) is 38.5 Å². The first kappa shape index (κ1) is 27.6. The van der Waals surface area contributed by atoms with Gasteiger partial charge in [-0.2, -0.15) is 0 Å². The van der Waals surface area contributed by atoms with Gasteiger partial charge in [0.15, 0.2) is 0 Å². The van der Waals surface area contributed by atoms with Crippen LogP contribution >= 0.6 is 0 Å². The van der Waals surface area contributed by atoms with Crippen molar-refractivity contribution in [3.05, 3.63) is 0 Å². The van der Waals surface area contributed by atoms with E-state index in [-0.39, 0.29) is 38.5 Å². The zero-order valence-corrected chi connectivity index (χ0v) is 13.5. The Bertz CT molecular complexity index is 445. The molecule has 0 fully saturated rings. The minimum Gasteiger partial charge on any atom is -0.481 e. The van der Waals surface area contributed by atoms with Crippen molar-refractivity contribution >= 4 is 35.8 Å². The van der Waals surface area contributed by atoms with Crippen LogP contribution in [0.3, 0.4) is 0 Å². The predicted octanol–water partition coefficient (Wildman–Crippen LogP) is -0.865. The van der Waals surface area contributed by atoms with E-state index in [0.29, 0.717) is 0 Å². The van der Waals surface area contributed by atoms with Gasteiger partial charge in [0.05, 0.1) is 25.7 Å². The van der Waals surface area contributed by atoms with Crippen molar-refractivity contribution in [3.8, 4) is 0 Å². The van der Waals surface area contributed by atoms with Crippen molar-refractivity contribution in [1.29, 1.82) is 0 Å². The lowest BCUT2D eigenvalue weighted by Crippen LogP contribution is -2.30. The lowest BCUT2D eigenvalue weighted by Gasteiger charge is -2.01. The van der Waals surface area contributed by atoms with Crippen molar-refractivity contribution in [1.82, 2.24) is 0 Å². The summed E-state index contributed by atoms with van der Waals surface area (Å²) in [4.78, 5) is 58.4. The number of hydrogen-bond donors (Lipinski definition) is 7. The van der Waals surface area contributed by atoms with E-state index in [9.17, 15) is 28.8 Å². The highest BCUT2D eigenvalue weighted by molar-refractivity contribution is 5.76. The Kier molecular flexibility index (Phi) is 17.7. The van der Waals surface area contributed by atoms with Crippen LogP contribution in [0.2, 0.25) is 0 Å². The molecule has 0 unspecified atom stereocenters. The number of carboxylic acid groups (broad SMARTS) is 6. The van der Waals surface area contributed by atoms with E-state index < -0.39 is 41.9 Å². The van der Waals surface area contributed by atoms with Gasteiger partial charge in [-0.15, -0.1) is 0 Å². The normalized spacial score (nSPS) is 10.0. The van der Waals surface area contributed by atoms with Crippen LogP contribution in [0.15, 0.2) is 0 Å². The average molecular weight is 383 g/mol. The zero-order valence-electron chi connectivity index (χ0n) is 13.5.